The Morgan fingerprint density at radius 3 is 2.59 bits per heavy atom. The van der Waals surface area contributed by atoms with Crippen molar-refractivity contribution < 1.29 is 4.79 Å². The van der Waals surface area contributed by atoms with Crippen LogP contribution in [0.15, 0.2) is 42.6 Å². The summed E-state index contributed by atoms with van der Waals surface area (Å²) in [6.45, 7) is 11.6. The van der Waals surface area contributed by atoms with Crippen molar-refractivity contribution in [3.8, 4) is 5.69 Å². The molecule has 1 fully saturated rings. The van der Waals surface area contributed by atoms with Gasteiger partial charge in [0.15, 0.2) is 11.5 Å². The second-order valence-corrected chi connectivity index (χ2v) is 7.06. The molecule has 1 aliphatic rings. The maximum absolute atomic E-state index is 13.2. The van der Waals surface area contributed by atoms with Crippen LogP contribution in [0.25, 0.3) is 21.6 Å². The van der Waals surface area contributed by atoms with Crippen LogP contribution >= 0.6 is 0 Å². The number of hydrogen-bond acceptors (Lipinski definition) is 3. The molecule has 136 valence electrons. The van der Waals surface area contributed by atoms with Gasteiger partial charge in [0.1, 0.15) is 5.65 Å². The molecule has 27 heavy (non-hydrogen) atoms. The molecule has 1 aliphatic heterocycles. The van der Waals surface area contributed by atoms with E-state index >= 15 is 0 Å². The van der Waals surface area contributed by atoms with Crippen LogP contribution in [-0.4, -0.2) is 39.9 Å². The smallest absolute Gasteiger partial charge is 0.187 e. The molecule has 5 nitrogen and oxygen atoms in total. The summed E-state index contributed by atoms with van der Waals surface area (Å²) < 4.78 is 2.02. The van der Waals surface area contributed by atoms with Crippen LogP contribution in [-0.2, 0) is 0 Å². The average molecular weight is 358 g/mol. The Labute approximate surface area is 159 Å². The minimum Gasteiger partial charge on any atom is -0.298 e. The quantitative estimate of drug-likeness (QED) is 0.507. The fourth-order valence-electron chi connectivity index (χ4n) is 3.98. The molecule has 1 saturated heterocycles. The largest absolute Gasteiger partial charge is 0.298 e. The van der Waals surface area contributed by atoms with Crippen LogP contribution in [0.5, 0.6) is 0 Å². The first-order valence-electron chi connectivity index (χ1n) is 9.38. The zero-order chi connectivity index (χ0) is 18.8. The van der Waals surface area contributed by atoms with Gasteiger partial charge in [0, 0.05) is 28.5 Å². The normalized spacial score (nSPS) is 15.0. The molecule has 0 N–H and O–H groups in total. The fourth-order valence-corrected chi connectivity index (χ4v) is 3.98. The van der Waals surface area contributed by atoms with Crippen molar-refractivity contribution in [2.24, 2.45) is 0 Å². The van der Waals surface area contributed by atoms with Gasteiger partial charge in [0.2, 0.25) is 0 Å². The van der Waals surface area contributed by atoms with Gasteiger partial charge in [-0.1, -0.05) is 18.6 Å². The minimum absolute atomic E-state index is 0.156. The maximum Gasteiger partial charge on any atom is 0.187 e. The molecule has 2 aromatic heterocycles. The van der Waals surface area contributed by atoms with Crippen LogP contribution in [0.2, 0.25) is 0 Å². The van der Waals surface area contributed by atoms with E-state index in [0.717, 1.165) is 41.1 Å². The summed E-state index contributed by atoms with van der Waals surface area (Å²) in [5, 5.41) is 0.895. The summed E-state index contributed by atoms with van der Waals surface area (Å²) in [5.41, 5.74) is 3.97. The van der Waals surface area contributed by atoms with E-state index in [2.05, 4.69) is 14.7 Å². The first-order valence-corrected chi connectivity index (χ1v) is 9.38. The number of nitrogens with zero attached hydrogens (tertiary/aromatic N) is 4. The number of rotatable bonds is 4. The minimum atomic E-state index is 0.156. The standard InChI is InChI=1S/C22H22N4O/c1-16-21(20(27)15-25-13-4-3-5-14-25)19-7-6-12-24-22(19)26(16)18-10-8-17(23-2)9-11-18/h6-12H,3-5,13-15H2,1H3. The highest BCUT2D eigenvalue weighted by Gasteiger charge is 2.23. The molecule has 1 aromatic carbocycles. The van der Waals surface area contributed by atoms with Gasteiger partial charge in [-0.3, -0.25) is 14.3 Å². The molecule has 0 bridgehead atoms. The van der Waals surface area contributed by atoms with Gasteiger partial charge < -0.3 is 0 Å². The van der Waals surface area contributed by atoms with Gasteiger partial charge in [-0.2, -0.15) is 0 Å². The third-order valence-electron chi connectivity index (χ3n) is 5.30. The number of piperidine rings is 1. The number of pyridine rings is 1. The van der Waals surface area contributed by atoms with E-state index < -0.39 is 0 Å². The van der Waals surface area contributed by atoms with Gasteiger partial charge in [0.05, 0.1) is 13.1 Å². The van der Waals surface area contributed by atoms with Crippen molar-refractivity contribution in [3.63, 3.8) is 0 Å². The van der Waals surface area contributed by atoms with E-state index in [1.165, 1.54) is 19.3 Å². The van der Waals surface area contributed by atoms with E-state index in [9.17, 15) is 4.79 Å². The highest BCUT2D eigenvalue weighted by Crippen LogP contribution is 2.29. The van der Waals surface area contributed by atoms with E-state index in [1.54, 1.807) is 18.3 Å². The zero-order valence-corrected chi connectivity index (χ0v) is 15.5. The summed E-state index contributed by atoms with van der Waals surface area (Å²) in [6, 6.07) is 11.3. The SMILES string of the molecule is [C-]#[N+]c1ccc(-n2c(C)c(C(=O)CN3CCCCC3)c3cccnc32)cc1. The number of aromatic nitrogens is 2. The third kappa shape index (κ3) is 3.24. The highest BCUT2D eigenvalue weighted by atomic mass is 16.1. The monoisotopic (exact) mass is 358 g/mol. The number of benzene rings is 1. The molecule has 3 heterocycles. The Kier molecular flexibility index (Phi) is 4.74. The number of hydrogen-bond donors (Lipinski definition) is 0. The zero-order valence-electron chi connectivity index (χ0n) is 15.5. The second kappa shape index (κ2) is 7.34. The van der Waals surface area contributed by atoms with Crippen LogP contribution in [0.3, 0.4) is 0 Å². The fraction of sp³-hybridized carbons (Fsp3) is 0.318. The van der Waals surface area contributed by atoms with Gasteiger partial charge in [-0.25, -0.2) is 9.83 Å². The number of fused-ring (bicyclic) bond motifs is 1. The van der Waals surface area contributed by atoms with Crippen LogP contribution in [0.1, 0.15) is 35.3 Å². The van der Waals surface area contributed by atoms with Crippen molar-refractivity contribution in [3.05, 3.63) is 65.3 Å². The van der Waals surface area contributed by atoms with Crippen molar-refractivity contribution >= 4 is 22.5 Å². The molecule has 3 aromatic rings. The molecule has 5 heteroatoms. The Morgan fingerprint density at radius 2 is 1.89 bits per heavy atom. The van der Waals surface area contributed by atoms with Crippen molar-refractivity contribution in [2.45, 2.75) is 26.2 Å². The maximum atomic E-state index is 13.2. The Hall–Kier alpha value is -2.97. The van der Waals surface area contributed by atoms with Gasteiger partial charge in [-0.15, -0.1) is 0 Å². The summed E-state index contributed by atoms with van der Waals surface area (Å²) in [6.07, 6.45) is 5.35. The topological polar surface area (TPSA) is 42.5 Å². The lowest BCUT2D eigenvalue weighted by molar-refractivity contribution is 0.0916. The number of carbonyl (C=O) groups is 1. The van der Waals surface area contributed by atoms with Crippen LogP contribution in [0.4, 0.5) is 5.69 Å². The summed E-state index contributed by atoms with van der Waals surface area (Å²) in [7, 11) is 0. The lowest BCUT2D eigenvalue weighted by Gasteiger charge is -2.25. The van der Waals surface area contributed by atoms with Gasteiger partial charge in [0.25, 0.3) is 0 Å². The Balaban J connectivity index is 1.78. The van der Waals surface area contributed by atoms with Crippen LogP contribution in [0, 0.1) is 13.5 Å². The third-order valence-corrected chi connectivity index (χ3v) is 5.30. The molecule has 0 aliphatic carbocycles. The molecular formula is C22H22N4O. The molecule has 4 rings (SSSR count). The number of Topliss-reactive ketones (excluding diaryl/α,β-unsaturated/α-hetero) is 1. The van der Waals surface area contributed by atoms with E-state index in [1.807, 2.05) is 35.8 Å². The predicted octanol–water partition coefficient (Wildman–Crippen LogP) is 4.55. The molecule has 0 atom stereocenters. The second-order valence-electron chi connectivity index (χ2n) is 7.06. The molecule has 0 radical (unpaired) electrons. The molecular weight excluding hydrogens is 336 g/mol. The first kappa shape index (κ1) is 17.4. The molecule has 0 spiro atoms. The molecule has 0 amide bonds. The number of carbonyl (C=O) groups excluding carboxylic acids is 1. The Bertz CT molecular complexity index is 1020. The average Bonchev–Trinajstić information content (AvgIpc) is 3.00. The lowest BCUT2D eigenvalue weighted by atomic mass is 10.1. The van der Waals surface area contributed by atoms with Crippen molar-refractivity contribution in [1.82, 2.24) is 14.5 Å². The van der Waals surface area contributed by atoms with Crippen LogP contribution < -0.4 is 0 Å². The van der Waals surface area contributed by atoms with Gasteiger partial charge >= 0.3 is 0 Å². The summed E-state index contributed by atoms with van der Waals surface area (Å²) in [4.78, 5) is 23.4. The van der Waals surface area contributed by atoms with E-state index in [-0.39, 0.29) is 5.78 Å². The highest BCUT2D eigenvalue weighted by molar-refractivity contribution is 6.10. The molecule has 0 unspecified atom stereocenters. The van der Waals surface area contributed by atoms with Gasteiger partial charge in [-0.05, 0) is 57.1 Å². The van der Waals surface area contributed by atoms with Crippen molar-refractivity contribution in [1.29, 1.82) is 0 Å². The Morgan fingerprint density at radius 1 is 1.15 bits per heavy atom. The number of likely N-dealkylation sites (tertiary alicyclic amines) is 1. The van der Waals surface area contributed by atoms with E-state index in [0.29, 0.717) is 12.2 Å². The van der Waals surface area contributed by atoms with E-state index in [4.69, 9.17) is 6.57 Å². The predicted molar refractivity (Wildman–Crippen MR) is 107 cm³/mol. The first-order chi connectivity index (χ1) is 13.2. The lowest BCUT2D eigenvalue weighted by Crippen LogP contribution is -2.34. The number of ketones is 1. The summed E-state index contributed by atoms with van der Waals surface area (Å²) in [5.74, 6) is 0.156. The summed E-state index contributed by atoms with van der Waals surface area (Å²) >= 11 is 0. The van der Waals surface area contributed by atoms with Crippen molar-refractivity contribution in [2.75, 3.05) is 19.6 Å². The molecule has 0 saturated carbocycles.